The highest BCUT2D eigenvalue weighted by Crippen LogP contribution is 2.69. The predicted molar refractivity (Wildman–Crippen MR) is 143 cm³/mol. The molecule has 5 atom stereocenters. The van der Waals surface area contributed by atoms with Crippen molar-refractivity contribution in [1.29, 1.82) is 5.26 Å². The summed E-state index contributed by atoms with van der Waals surface area (Å²) in [6.07, 6.45) is 0.784. The van der Waals surface area contributed by atoms with Crippen LogP contribution in [0.25, 0.3) is 0 Å². The summed E-state index contributed by atoms with van der Waals surface area (Å²) in [6.45, 7) is 2.13. The fourth-order valence-electron chi connectivity index (χ4n) is 6.95. The van der Waals surface area contributed by atoms with Crippen LogP contribution in [0.4, 0.5) is 4.79 Å². The molecule has 2 aromatic carbocycles. The van der Waals surface area contributed by atoms with Gasteiger partial charge in [0.2, 0.25) is 0 Å². The number of hydrogen-bond donors (Lipinski definition) is 3. The third-order valence-electron chi connectivity index (χ3n) is 8.73. The Morgan fingerprint density at radius 1 is 1.12 bits per heavy atom. The zero-order valence-corrected chi connectivity index (χ0v) is 22.0. The fraction of sp³-hybridized carbons (Fsp3) is 0.367. The summed E-state index contributed by atoms with van der Waals surface area (Å²) in [4.78, 5) is 19.2. The van der Waals surface area contributed by atoms with E-state index in [0.717, 1.165) is 5.56 Å². The van der Waals surface area contributed by atoms with Crippen LogP contribution in [0.3, 0.4) is 0 Å². The summed E-state index contributed by atoms with van der Waals surface area (Å²) >= 11 is 0. The number of aromatic nitrogens is 1. The van der Waals surface area contributed by atoms with Gasteiger partial charge in [-0.25, -0.2) is 4.79 Å². The molecule has 40 heavy (non-hydrogen) atoms. The van der Waals surface area contributed by atoms with E-state index in [2.05, 4.69) is 16.0 Å². The van der Waals surface area contributed by atoms with E-state index in [1.165, 1.54) is 24.4 Å². The molecular formula is C30H30N4O6. The molecule has 0 bridgehead atoms. The summed E-state index contributed by atoms with van der Waals surface area (Å²) in [5.41, 5.74) is -1.14. The van der Waals surface area contributed by atoms with E-state index in [-0.39, 0.29) is 0 Å². The Morgan fingerprint density at radius 3 is 2.45 bits per heavy atom. The number of amides is 1. The van der Waals surface area contributed by atoms with Gasteiger partial charge in [0.25, 0.3) is 0 Å². The molecule has 1 aliphatic carbocycles. The number of ether oxygens (including phenoxy) is 2. The number of nitrogens with zero attached hydrogens (tertiary/aromatic N) is 4. The van der Waals surface area contributed by atoms with Crippen LogP contribution in [-0.4, -0.2) is 82.1 Å². The van der Waals surface area contributed by atoms with Crippen molar-refractivity contribution in [1.82, 2.24) is 14.8 Å². The van der Waals surface area contributed by atoms with Gasteiger partial charge in [-0.15, -0.1) is 0 Å². The van der Waals surface area contributed by atoms with E-state index in [1.54, 1.807) is 24.3 Å². The lowest BCUT2D eigenvalue weighted by molar-refractivity contribution is -0.152. The number of rotatable bonds is 5. The third kappa shape index (κ3) is 3.66. The van der Waals surface area contributed by atoms with Crippen molar-refractivity contribution in [3.8, 4) is 17.6 Å². The van der Waals surface area contributed by atoms with Gasteiger partial charge in [0, 0.05) is 44.6 Å². The second kappa shape index (κ2) is 9.78. The van der Waals surface area contributed by atoms with Gasteiger partial charge in [-0.05, 0) is 23.3 Å². The molecule has 0 spiro atoms. The Hall–Kier alpha value is -4.17. The Labute approximate surface area is 231 Å². The van der Waals surface area contributed by atoms with E-state index in [9.17, 15) is 25.4 Å². The van der Waals surface area contributed by atoms with Gasteiger partial charge in [-0.3, -0.25) is 9.88 Å². The number of pyridine rings is 1. The number of piperazine rings is 1. The van der Waals surface area contributed by atoms with Gasteiger partial charge in [0.05, 0.1) is 42.8 Å². The summed E-state index contributed by atoms with van der Waals surface area (Å²) in [5.74, 6) is -0.418. The van der Waals surface area contributed by atoms with Crippen molar-refractivity contribution < 1.29 is 29.6 Å². The molecule has 3 aliphatic rings. The Morgan fingerprint density at radius 2 is 1.82 bits per heavy atom. The van der Waals surface area contributed by atoms with Crippen LogP contribution in [-0.2, 0) is 11.2 Å². The van der Waals surface area contributed by atoms with Crippen LogP contribution < -0.4 is 9.47 Å². The van der Waals surface area contributed by atoms with Gasteiger partial charge < -0.3 is 29.7 Å². The van der Waals surface area contributed by atoms with E-state index < -0.39 is 35.2 Å². The van der Waals surface area contributed by atoms with Crippen LogP contribution in [0, 0.1) is 17.2 Å². The molecule has 2 fully saturated rings. The number of carboxylic acid groups (broad SMARTS) is 1. The van der Waals surface area contributed by atoms with Crippen molar-refractivity contribution in [2.24, 2.45) is 5.92 Å². The number of aliphatic hydroxyl groups is 2. The van der Waals surface area contributed by atoms with Gasteiger partial charge in [0.1, 0.15) is 11.5 Å². The summed E-state index contributed by atoms with van der Waals surface area (Å²) < 4.78 is 12.4. The molecule has 10 nitrogen and oxygen atoms in total. The molecule has 0 unspecified atom stereocenters. The molecule has 0 radical (unpaired) electrons. The Balaban J connectivity index is 1.54. The molecule has 1 aromatic heterocycles. The van der Waals surface area contributed by atoms with Crippen molar-refractivity contribution >= 4 is 6.09 Å². The first-order valence-electron chi connectivity index (χ1n) is 13.2. The standard InChI is InChI=1S/C30H30N4O6/c1-39-23-16-32-17-24-26(23)29(38)27(35)22(18-33-11-13-34(14-12-33)28(36)37)25(20-5-3-2-4-6-20)30(29,40-24)21-9-7-19(15-31)8-10-21/h2-10,16-17,22,25,27,35,38H,11-14,18H2,1H3,(H,36,37)/t22-,25-,27-,29+,30+/m1/s1. The average Bonchev–Trinajstić information content (AvgIpc) is 3.36. The number of nitriles is 1. The highest BCUT2D eigenvalue weighted by atomic mass is 16.5. The SMILES string of the molecule is COc1cncc2c1[C@]1(O)[C@H](O)[C@H](CN3CCN(C(=O)O)CC3)[C@@H](c3ccccc3)[C@]1(c1ccc(C#N)cc1)O2. The smallest absolute Gasteiger partial charge is 0.407 e. The highest BCUT2D eigenvalue weighted by Gasteiger charge is 2.76. The van der Waals surface area contributed by atoms with E-state index >= 15 is 0 Å². The molecule has 2 aliphatic heterocycles. The van der Waals surface area contributed by atoms with Crippen LogP contribution in [0.2, 0.25) is 0 Å². The van der Waals surface area contributed by atoms with Crippen molar-refractivity contribution in [3.05, 3.63) is 89.2 Å². The van der Waals surface area contributed by atoms with Gasteiger partial charge in [0.15, 0.2) is 11.2 Å². The topological polar surface area (TPSA) is 139 Å². The number of aliphatic hydroxyl groups excluding tert-OH is 1. The zero-order valence-electron chi connectivity index (χ0n) is 22.0. The second-order valence-corrected chi connectivity index (χ2v) is 10.6. The number of benzene rings is 2. The monoisotopic (exact) mass is 542 g/mol. The van der Waals surface area contributed by atoms with Crippen molar-refractivity contribution in [2.45, 2.75) is 23.2 Å². The van der Waals surface area contributed by atoms with E-state index in [1.807, 2.05) is 30.3 Å². The number of methoxy groups -OCH3 is 1. The normalized spacial score (nSPS) is 29.2. The highest BCUT2D eigenvalue weighted by molar-refractivity contribution is 5.65. The van der Waals surface area contributed by atoms with Crippen molar-refractivity contribution in [3.63, 3.8) is 0 Å². The van der Waals surface area contributed by atoms with Crippen LogP contribution >= 0.6 is 0 Å². The summed E-state index contributed by atoms with van der Waals surface area (Å²) in [6, 6.07) is 18.7. The molecule has 1 saturated carbocycles. The lowest BCUT2D eigenvalue weighted by atomic mass is 9.70. The fourth-order valence-corrected chi connectivity index (χ4v) is 6.95. The van der Waals surface area contributed by atoms with E-state index in [0.29, 0.717) is 60.9 Å². The minimum atomic E-state index is -1.93. The van der Waals surface area contributed by atoms with Crippen molar-refractivity contribution in [2.75, 3.05) is 39.8 Å². The Kier molecular flexibility index (Phi) is 6.38. The quantitative estimate of drug-likeness (QED) is 0.444. The summed E-state index contributed by atoms with van der Waals surface area (Å²) in [5, 5.41) is 44.0. The lowest BCUT2D eigenvalue weighted by Crippen LogP contribution is -2.52. The lowest BCUT2D eigenvalue weighted by Gasteiger charge is -2.41. The predicted octanol–water partition coefficient (Wildman–Crippen LogP) is 2.51. The summed E-state index contributed by atoms with van der Waals surface area (Å²) in [7, 11) is 1.48. The van der Waals surface area contributed by atoms with Gasteiger partial charge in [-0.2, -0.15) is 5.26 Å². The third-order valence-corrected chi connectivity index (χ3v) is 8.73. The molecule has 206 valence electrons. The second-order valence-electron chi connectivity index (χ2n) is 10.6. The minimum absolute atomic E-state index is 0.303. The minimum Gasteiger partial charge on any atom is -0.495 e. The van der Waals surface area contributed by atoms with Crippen LogP contribution in [0.15, 0.2) is 67.0 Å². The maximum absolute atomic E-state index is 12.9. The molecule has 10 heteroatoms. The molecule has 3 aromatic rings. The molecule has 1 saturated heterocycles. The van der Waals surface area contributed by atoms with Gasteiger partial charge in [-0.1, -0.05) is 42.5 Å². The molecular weight excluding hydrogens is 512 g/mol. The maximum atomic E-state index is 12.9. The van der Waals surface area contributed by atoms with Gasteiger partial charge >= 0.3 is 6.09 Å². The first kappa shape index (κ1) is 26.1. The number of fused-ring (bicyclic) bond motifs is 3. The molecule has 1 amide bonds. The average molecular weight is 543 g/mol. The molecule has 3 heterocycles. The van der Waals surface area contributed by atoms with Crippen LogP contribution in [0.5, 0.6) is 11.5 Å². The molecule has 3 N–H and O–H groups in total. The van der Waals surface area contributed by atoms with E-state index in [4.69, 9.17) is 9.47 Å². The zero-order chi connectivity index (χ0) is 28.1. The molecule has 6 rings (SSSR count). The maximum Gasteiger partial charge on any atom is 0.407 e. The largest absolute Gasteiger partial charge is 0.495 e. The number of carbonyl (C=O) groups is 1. The first-order chi connectivity index (χ1) is 19.3. The Bertz CT molecular complexity index is 1450. The van der Waals surface area contributed by atoms with Crippen LogP contribution in [0.1, 0.15) is 28.2 Å². The number of hydrogen-bond acceptors (Lipinski definition) is 8. The first-order valence-corrected chi connectivity index (χ1v) is 13.2.